The predicted octanol–water partition coefficient (Wildman–Crippen LogP) is 3.57. The van der Waals surface area contributed by atoms with Gasteiger partial charge in [-0.2, -0.15) is 4.31 Å². The van der Waals surface area contributed by atoms with Gasteiger partial charge in [0.2, 0.25) is 10.0 Å². The molecule has 2 aromatic rings. The van der Waals surface area contributed by atoms with Gasteiger partial charge in [-0.3, -0.25) is 4.79 Å². The van der Waals surface area contributed by atoms with Crippen LogP contribution >= 0.6 is 11.3 Å². The molecule has 3 rings (SSSR count). The second kappa shape index (κ2) is 8.20. The van der Waals surface area contributed by atoms with Gasteiger partial charge in [-0.15, -0.1) is 11.3 Å². The Labute approximate surface area is 157 Å². The molecule has 0 saturated carbocycles. The quantitative estimate of drug-likeness (QED) is 0.841. The van der Waals surface area contributed by atoms with Crippen LogP contribution in [0.5, 0.6) is 5.75 Å². The fourth-order valence-corrected chi connectivity index (χ4v) is 5.54. The number of ether oxygens (including phenoxy) is 1. The molecule has 1 aromatic carbocycles. The topological polar surface area (TPSA) is 75.7 Å². The van der Waals surface area contributed by atoms with Gasteiger partial charge in [0.05, 0.1) is 16.9 Å². The first-order valence-electron chi connectivity index (χ1n) is 8.55. The molecule has 8 heteroatoms. The standard InChI is InChI=1S/C18H22N2O4S2/c1-24-15-8-6-14(7-9-15)19-18(21)17-12-16(13-25-17)26(22,23)20-10-4-2-3-5-11-20/h6-9,12-13H,2-5,10-11H2,1H3,(H,19,21). The lowest BCUT2D eigenvalue weighted by molar-refractivity contribution is 0.103. The second-order valence-corrected chi connectivity index (χ2v) is 9.00. The molecular formula is C18H22N2O4S2. The average Bonchev–Trinajstić information content (AvgIpc) is 2.99. The van der Waals surface area contributed by atoms with E-state index >= 15 is 0 Å². The number of carbonyl (C=O) groups excluding carboxylic acids is 1. The molecule has 1 amide bonds. The molecule has 0 spiro atoms. The van der Waals surface area contributed by atoms with Crippen molar-refractivity contribution < 1.29 is 17.9 Å². The van der Waals surface area contributed by atoms with E-state index < -0.39 is 10.0 Å². The van der Waals surface area contributed by atoms with E-state index in [1.165, 1.54) is 10.4 Å². The lowest BCUT2D eigenvalue weighted by atomic mass is 10.2. The smallest absolute Gasteiger partial charge is 0.265 e. The van der Waals surface area contributed by atoms with Crippen LogP contribution in [0.25, 0.3) is 0 Å². The van der Waals surface area contributed by atoms with Gasteiger partial charge in [0.25, 0.3) is 5.91 Å². The summed E-state index contributed by atoms with van der Waals surface area (Å²) in [7, 11) is -1.96. The molecule has 0 bridgehead atoms. The Morgan fingerprint density at radius 2 is 1.77 bits per heavy atom. The van der Waals surface area contributed by atoms with Crippen LogP contribution in [-0.2, 0) is 10.0 Å². The summed E-state index contributed by atoms with van der Waals surface area (Å²) < 4.78 is 32.2. The highest BCUT2D eigenvalue weighted by Gasteiger charge is 2.27. The number of benzene rings is 1. The number of anilines is 1. The predicted molar refractivity (Wildman–Crippen MR) is 102 cm³/mol. The van der Waals surface area contributed by atoms with Crippen LogP contribution in [0.15, 0.2) is 40.6 Å². The summed E-state index contributed by atoms with van der Waals surface area (Å²) in [5, 5.41) is 4.32. The van der Waals surface area contributed by atoms with Crippen molar-refractivity contribution in [1.29, 1.82) is 0 Å². The molecule has 1 aliphatic rings. The molecule has 1 fully saturated rings. The second-order valence-electron chi connectivity index (χ2n) is 6.15. The van der Waals surface area contributed by atoms with Gasteiger partial charge in [-0.05, 0) is 43.2 Å². The third-order valence-electron chi connectivity index (χ3n) is 4.35. The number of hydrogen-bond acceptors (Lipinski definition) is 5. The van der Waals surface area contributed by atoms with Crippen molar-refractivity contribution in [1.82, 2.24) is 4.31 Å². The summed E-state index contributed by atoms with van der Waals surface area (Å²) >= 11 is 1.14. The van der Waals surface area contributed by atoms with Crippen LogP contribution in [0.1, 0.15) is 35.4 Å². The molecule has 140 valence electrons. The molecule has 2 heterocycles. The number of nitrogens with one attached hydrogen (secondary N) is 1. The molecule has 0 atom stereocenters. The minimum atomic E-state index is -3.53. The van der Waals surface area contributed by atoms with Crippen LogP contribution < -0.4 is 10.1 Å². The molecule has 0 unspecified atom stereocenters. The van der Waals surface area contributed by atoms with Crippen molar-refractivity contribution in [2.24, 2.45) is 0 Å². The highest BCUT2D eigenvalue weighted by Crippen LogP contribution is 2.26. The summed E-state index contributed by atoms with van der Waals surface area (Å²) in [4.78, 5) is 13.0. The number of amides is 1. The van der Waals surface area contributed by atoms with Crippen LogP contribution in [-0.4, -0.2) is 38.8 Å². The first-order valence-corrected chi connectivity index (χ1v) is 10.9. The Morgan fingerprint density at radius 1 is 1.12 bits per heavy atom. The van der Waals surface area contributed by atoms with E-state index in [2.05, 4.69) is 5.32 Å². The monoisotopic (exact) mass is 394 g/mol. The first-order chi connectivity index (χ1) is 12.5. The summed E-state index contributed by atoms with van der Waals surface area (Å²) in [6, 6.07) is 8.43. The van der Waals surface area contributed by atoms with Crippen LogP contribution in [0.3, 0.4) is 0 Å². The molecule has 6 nitrogen and oxygen atoms in total. The van der Waals surface area contributed by atoms with E-state index in [0.717, 1.165) is 37.0 Å². The summed E-state index contributed by atoms with van der Waals surface area (Å²) in [6.45, 7) is 1.09. The van der Waals surface area contributed by atoms with Crippen molar-refractivity contribution in [3.8, 4) is 5.75 Å². The molecule has 0 aliphatic carbocycles. The molecule has 1 aliphatic heterocycles. The third kappa shape index (κ3) is 4.25. The number of methoxy groups -OCH3 is 1. The lowest BCUT2D eigenvalue weighted by Gasteiger charge is -2.18. The Balaban J connectivity index is 1.72. The minimum Gasteiger partial charge on any atom is -0.497 e. The lowest BCUT2D eigenvalue weighted by Crippen LogP contribution is -2.31. The van der Waals surface area contributed by atoms with E-state index in [0.29, 0.717) is 29.4 Å². The number of sulfonamides is 1. The number of rotatable bonds is 5. The summed E-state index contributed by atoms with van der Waals surface area (Å²) in [5.74, 6) is 0.377. The molecule has 1 N–H and O–H groups in total. The van der Waals surface area contributed by atoms with Gasteiger partial charge in [-0.25, -0.2) is 8.42 Å². The van der Waals surface area contributed by atoms with Crippen LogP contribution in [0, 0.1) is 0 Å². The fraction of sp³-hybridized carbons (Fsp3) is 0.389. The van der Waals surface area contributed by atoms with E-state index in [-0.39, 0.29) is 10.8 Å². The van der Waals surface area contributed by atoms with Crippen LogP contribution in [0.4, 0.5) is 5.69 Å². The molecule has 26 heavy (non-hydrogen) atoms. The molecule has 0 radical (unpaired) electrons. The van der Waals surface area contributed by atoms with Gasteiger partial charge in [0.1, 0.15) is 5.75 Å². The van der Waals surface area contributed by atoms with E-state index in [4.69, 9.17) is 4.74 Å². The average molecular weight is 395 g/mol. The van der Waals surface area contributed by atoms with Crippen molar-refractivity contribution in [2.75, 3.05) is 25.5 Å². The molecule has 1 aromatic heterocycles. The van der Waals surface area contributed by atoms with Gasteiger partial charge < -0.3 is 10.1 Å². The molecule has 1 saturated heterocycles. The van der Waals surface area contributed by atoms with Gasteiger partial charge in [-0.1, -0.05) is 12.8 Å². The maximum Gasteiger partial charge on any atom is 0.265 e. The normalized spacial score (nSPS) is 16.0. The zero-order chi connectivity index (χ0) is 18.6. The number of carbonyl (C=O) groups is 1. The Morgan fingerprint density at radius 3 is 2.38 bits per heavy atom. The summed E-state index contributed by atoms with van der Waals surface area (Å²) in [5.41, 5.74) is 0.626. The van der Waals surface area contributed by atoms with Crippen molar-refractivity contribution >= 4 is 33.0 Å². The van der Waals surface area contributed by atoms with E-state index in [1.54, 1.807) is 36.8 Å². The Bertz CT molecular complexity index is 852. The van der Waals surface area contributed by atoms with E-state index in [1.807, 2.05) is 0 Å². The largest absolute Gasteiger partial charge is 0.497 e. The minimum absolute atomic E-state index is 0.198. The zero-order valence-corrected chi connectivity index (χ0v) is 16.2. The SMILES string of the molecule is COc1ccc(NC(=O)c2cc(S(=O)(=O)N3CCCCCC3)cs2)cc1. The van der Waals surface area contributed by atoms with Gasteiger partial charge >= 0.3 is 0 Å². The third-order valence-corrected chi connectivity index (χ3v) is 7.30. The first kappa shape index (κ1) is 18.9. The highest BCUT2D eigenvalue weighted by atomic mass is 32.2. The fourth-order valence-electron chi connectivity index (χ4n) is 2.87. The molecular weight excluding hydrogens is 372 g/mol. The van der Waals surface area contributed by atoms with Gasteiger partial charge in [0, 0.05) is 24.2 Å². The van der Waals surface area contributed by atoms with Crippen LogP contribution in [0.2, 0.25) is 0 Å². The highest BCUT2D eigenvalue weighted by molar-refractivity contribution is 7.89. The van der Waals surface area contributed by atoms with Gasteiger partial charge in [0.15, 0.2) is 0 Å². The zero-order valence-electron chi connectivity index (χ0n) is 14.6. The van der Waals surface area contributed by atoms with Crippen molar-refractivity contribution in [3.63, 3.8) is 0 Å². The number of nitrogens with zero attached hydrogens (tertiary/aromatic N) is 1. The maximum absolute atomic E-state index is 12.8. The maximum atomic E-state index is 12.8. The number of thiophene rings is 1. The summed E-state index contributed by atoms with van der Waals surface area (Å²) in [6.07, 6.45) is 3.89. The van der Waals surface area contributed by atoms with E-state index in [9.17, 15) is 13.2 Å². The van der Waals surface area contributed by atoms with Crippen molar-refractivity contribution in [2.45, 2.75) is 30.6 Å². The number of hydrogen-bond donors (Lipinski definition) is 1. The Hall–Kier alpha value is -1.90. The van der Waals surface area contributed by atoms with Crippen molar-refractivity contribution in [3.05, 3.63) is 40.6 Å². The Kier molecular flexibility index (Phi) is 5.95.